The predicted octanol–water partition coefficient (Wildman–Crippen LogP) is 3.61. The number of nitrogens with zero attached hydrogens (tertiary/aromatic N) is 2. The summed E-state index contributed by atoms with van der Waals surface area (Å²) in [5.74, 6) is -2.05. The molecule has 1 amide bonds. The molecular formula is C18H13ClFN3O3. The molecule has 0 aliphatic carbocycles. The molecule has 8 heteroatoms. The minimum absolute atomic E-state index is 0.0525. The number of hydrogen-bond donors (Lipinski definition) is 1. The van der Waals surface area contributed by atoms with Crippen molar-refractivity contribution in [3.8, 4) is 0 Å². The van der Waals surface area contributed by atoms with Crippen LogP contribution >= 0.6 is 11.6 Å². The van der Waals surface area contributed by atoms with E-state index in [0.717, 1.165) is 6.07 Å². The summed E-state index contributed by atoms with van der Waals surface area (Å²) < 4.78 is 18.9. The van der Waals surface area contributed by atoms with E-state index in [1.54, 1.807) is 12.3 Å². The van der Waals surface area contributed by atoms with Crippen molar-refractivity contribution in [2.75, 3.05) is 5.32 Å². The van der Waals surface area contributed by atoms with Crippen LogP contribution in [0.25, 0.3) is 11.0 Å². The van der Waals surface area contributed by atoms with Gasteiger partial charge in [0, 0.05) is 17.4 Å². The van der Waals surface area contributed by atoms with Crippen LogP contribution in [0.3, 0.4) is 0 Å². The highest BCUT2D eigenvalue weighted by Crippen LogP contribution is 2.19. The number of halogens is 2. The van der Waals surface area contributed by atoms with Crippen LogP contribution in [0.5, 0.6) is 0 Å². The van der Waals surface area contributed by atoms with Crippen molar-refractivity contribution in [1.29, 1.82) is 0 Å². The van der Waals surface area contributed by atoms with Crippen LogP contribution in [-0.2, 0) is 9.53 Å². The van der Waals surface area contributed by atoms with Crippen LogP contribution < -0.4 is 5.32 Å². The lowest BCUT2D eigenvalue weighted by Gasteiger charge is -2.14. The second-order valence-corrected chi connectivity index (χ2v) is 5.86. The predicted molar refractivity (Wildman–Crippen MR) is 94.5 cm³/mol. The average molecular weight is 374 g/mol. The molecule has 1 aromatic heterocycles. The van der Waals surface area contributed by atoms with Gasteiger partial charge in [-0.25, -0.2) is 9.18 Å². The molecule has 3 aromatic rings. The van der Waals surface area contributed by atoms with E-state index in [2.05, 4.69) is 15.3 Å². The van der Waals surface area contributed by atoms with Crippen molar-refractivity contribution >= 4 is 40.2 Å². The number of amides is 1. The van der Waals surface area contributed by atoms with Gasteiger partial charge in [0.05, 0.1) is 22.3 Å². The number of fused-ring (bicyclic) bond motifs is 1. The van der Waals surface area contributed by atoms with Crippen LogP contribution in [0.4, 0.5) is 10.1 Å². The molecule has 0 saturated carbocycles. The van der Waals surface area contributed by atoms with E-state index in [4.69, 9.17) is 16.3 Å². The standard InChI is InChI=1S/C18H13ClFN3O3/c1-10(17(24)23-14-5-3-12(19)9-13(14)20)26-18(25)11-2-4-15-16(8-11)22-7-6-21-15/h2-10H,1H3,(H,23,24)/t10-/m0/s1. The zero-order valence-corrected chi connectivity index (χ0v) is 14.3. The first-order chi connectivity index (χ1) is 12.4. The average Bonchev–Trinajstić information content (AvgIpc) is 2.63. The van der Waals surface area contributed by atoms with E-state index in [-0.39, 0.29) is 16.3 Å². The molecule has 0 bridgehead atoms. The monoisotopic (exact) mass is 373 g/mol. The zero-order chi connectivity index (χ0) is 18.7. The molecule has 0 unspecified atom stereocenters. The number of hydrogen-bond acceptors (Lipinski definition) is 5. The fourth-order valence-corrected chi connectivity index (χ4v) is 2.36. The normalized spacial score (nSPS) is 11.8. The maximum atomic E-state index is 13.7. The van der Waals surface area contributed by atoms with Gasteiger partial charge in [0.25, 0.3) is 5.91 Å². The number of rotatable bonds is 4. The summed E-state index contributed by atoms with van der Waals surface area (Å²) in [4.78, 5) is 32.6. The Labute approximate surface area is 153 Å². The van der Waals surface area contributed by atoms with E-state index in [0.29, 0.717) is 11.0 Å². The summed E-state index contributed by atoms with van der Waals surface area (Å²) in [5.41, 5.74) is 1.34. The summed E-state index contributed by atoms with van der Waals surface area (Å²) in [6.45, 7) is 1.39. The molecule has 2 aromatic carbocycles. The fourth-order valence-electron chi connectivity index (χ4n) is 2.20. The number of anilines is 1. The largest absolute Gasteiger partial charge is 0.449 e. The molecule has 1 heterocycles. The molecule has 132 valence electrons. The second-order valence-electron chi connectivity index (χ2n) is 5.42. The molecule has 26 heavy (non-hydrogen) atoms. The first kappa shape index (κ1) is 17.8. The Morgan fingerprint density at radius 1 is 1.12 bits per heavy atom. The highest BCUT2D eigenvalue weighted by molar-refractivity contribution is 6.30. The first-order valence-corrected chi connectivity index (χ1v) is 7.99. The molecule has 0 radical (unpaired) electrons. The lowest BCUT2D eigenvalue weighted by Crippen LogP contribution is -2.30. The smallest absolute Gasteiger partial charge is 0.338 e. The lowest BCUT2D eigenvalue weighted by atomic mass is 10.2. The Hall–Kier alpha value is -3.06. The van der Waals surface area contributed by atoms with Gasteiger partial charge in [-0.1, -0.05) is 11.6 Å². The third-order valence-corrected chi connectivity index (χ3v) is 3.78. The Morgan fingerprint density at radius 2 is 1.85 bits per heavy atom. The molecule has 6 nitrogen and oxygen atoms in total. The molecule has 3 rings (SSSR count). The Bertz CT molecular complexity index is 996. The quantitative estimate of drug-likeness (QED) is 0.706. The van der Waals surface area contributed by atoms with Crippen LogP contribution in [0.1, 0.15) is 17.3 Å². The van der Waals surface area contributed by atoms with Gasteiger partial charge in [-0.2, -0.15) is 0 Å². The van der Waals surface area contributed by atoms with Gasteiger partial charge >= 0.3 is 5.97 Å². The summed E-state index contributed by atoms with van der Waals surface area (Å²) in [6.07, 6.45) is 1.92. The van der Waals surface area contributed by atoms with Gasteiger partial charge in [0.1, 0.15) is 5.82 Å². The maximum absolute atomic E-state index is 13.7. The fraction of sp³-hybridized carbons (Fsp3) is 0.111. The Kier molecular flexibility index (Phi) is 5.09. The van der Waals surface area contributed by atoms with Crippen LogP contribution in [0, 0.1) is 5.82 Å². The molecule has 0 aliphatic rings. The van der Waals surface area contributed by atoms with Gasteiger partial charge in [-0.3, -0.25) is 14.8 Å². The van der Waals surface area contributed by atoms with Crippen molar-refractivity contribution in [1.82, 2.24) is 9.97 Å². The number of esters is 1. The number of ether oxygens (including phenoxy) is 1. The Balaban J connectivity index is 1.68. The first-order valence-electron chi connectivity index (χ1n) is 7.62. The number of nitrogens with one attached hydrogen (secondary N) is 1. The molecular weight excluding hydrogens is 361 g/mol. The van der Waals surface area contributed by atoms with Crippen molar-refractivity contribution in [2.24, 2.45) is 0 Å². The summed E-state index contributed by atoms with van der Waals surface area (Å²) in [7, 11) is 0. The minimum Gasteiger partial charge on any atom is -0.449 e. The van der Waals surface area contributed by atoms with E-state index >= 15 is 0 Å². The molecule has 0 saturated heterocycles. The SMILES string of the molecule is C[C@H](OC(=O)c1ccc2nccnc2c1)C(=O)Nc1ccc(Cl)cc1F. The zero-order valence-electron chi connectivity index (χ0n) is 13.6. The third-order valence-electron chi connectivity index (χ3n) is 3.55. The van der Waals surface area contributed by atoms with E-state index < -0.39 is 23.8 Å². The highest BCUT2D eigenvalue weighted by atomic mass is 35.5. The van der Waals surface area contributed by atoms with Crippen molar-refractivity contribution < 1.29 is 18.7 Å². The van der Waals surface area contributed by atoms with Crippen LogP contribution in [0.15, 0.2) is 48.8 Å². The molecule has 0 spiro atoms. The van der Waals surface area contributed by atoms with E-state index in [1.165, 1.54) is 37.4 Å². The van der Waals surface area contributed by atoms with E-state index in [9.17, 15) is 14.0 Å². The lowest BCUT2D eigenvalue weighted by molar-refractivity contribution is -0.123. The van der Waals surface area contributed by atoms with E-state index in [1.807, 2.05) is 0 Å². The van der Waals surface area contributed by atoms with Gasteiger partial charge in [-0.05, 0) is 43.3 Å². The minimum atomic E-state index is -1.13. The molecule has 0 aliphatic heterocycles. The van der Waals surface area contributed by atoms with Gasteiger partial charge in [0.15, 0.2) is 6.10 Å². The molecule has 1 N–H and O–H groups in total. The van der Waals surface area contributed by atoms with Crippen molar-refractivity contribution in [3.05, 3.63) is 65.2 Å². The van der Waals surface area contributed by atoms with Crippen molar-refractivity contribution in [2.45, 2.75) is 13.0 Å². The highest BCUT2D eigenvalue weighted by Gasteiger charge is 2.20. The number of benzene rings is 2. The third kappa shape index (κ3) is 3.94. The van der Waals surface area contributed by atoms with Gasteiger partial charge < -0.3 is 10.1 Å². The Morgan fingerprint density at radius 3 is 2.58 bits per heavy atom. The molecule has 1 atom stereocenters. The summed E-state index contributed by atoms with van der Waals surface area (Å²) in [6, 6.07) is 8.52. The number of carbonyl (C=O) groups is 2. The van der Waals surface area contributed by atoms with Gasteiger partial charge in [0.2, 0.25) is 0 Å². The summed E-state index contributed by atoms with van der Waals surface area (Å²) in [5, 5.41) is 2.56. The van der Waals surface area contributed by atoms with Crippen molar-refractivity contribution in [3.63, 3.8) is 0 Å². The van der Waals surface area contributed by atoms with Crippen LogP contribution in [-0.4, -0.2) is 27.9 Å². The van der Waals surface area contributed by atoms with Crippen LogP contribution in [0.2, 0.25) is 5.02 Å². The number of carbonyl (C=O) groups excluding carboxylic acids is 2. The second kappa shape index (κ2) is 7.45. The van der Waals surface area contributed by atoms with Gasteiger partial charge in [-0.15, -0.1) is 0 Å². The topological polar surface area (TPSA) is 81.2 Å². The molecule has 0 fully saturated rings. The maximum Gasteiger partial charge on any atom is 0.338 e. The summed E-state index contributed by atoms with van der Waals surface area (Å²) >= 11 is 5.66. The number of aromatic nitrogens is 2.